The third-order valence-corrected chi connectivity index (χ3v) is 5.56. The van der Waals surface area contributed by atoms with Crippen LogP contribution in [0, 0.1) is 5.92 Å². The molecule has 1 saturated heterocycles. The minimum absolute atomic E-state index is 0.354. The van der Waals surface area contributed by atoms with Crippen molar-refractivity contribution in [3.63, 3.8) is 0 Å². The number of likely N-dealkylation sites (tertiary alicyclic amines) is 1. The van der Waals surface area contributed by atoms with Gasteiger partial charge < -0.3 is 0 Å². The van der Waals surface area contributed by atoms with Gasteiger partial charge in [0.1, 0.15) is 0 Å². The summed E-state index contributed by atoms with van der Waals surface area (Å²) in [6, 6.07) is 7.97. The van der Waals surface area contributed by atoms with E-state index in [4.69, 9.17) is 0 Å². The van der Waals surface area contributed by atoms with Gasteiger partial charge in [-0.15, -0.1) is 0 Å². The lowest BCUT2D eigenvalue weighted by molar-refractivity contribution is -0.115. The molecule has 0 aromatic heterocycles. The summed E-state index contributed by atoms with van der Waals surface area (Å²) in [5.74, 6) is 0.0677. The number of anilines is 1. The molecule has 4 nitrogen and oxygen atoms in total. The van der Waals surface area contributed by atoms with Crippen molar-refractivity contribution < 1.29 is 9.59 Å². The maximum absolute atomic E-state index is 12.3. The molecule has 1 aliphatic carbocycles. The van der Waals surface area contributed by atoms with Crippen molar-refractivity contribution in [2.75, 3.05) is 18.1 Å². The lowest BCUT2D eigenvalue weighted by Crippen LogP contribution is -2.52. The van der Waals surface area contributed by atoms with E-state index in [1.54, 1.807) is 11.0 Å². The first-order valence-electron chi connectivity index (χ1n) is 8.45. The molecule has 1 amide bonds. The molecule has 0 unspecified atom stereocenters. The number of fused-ring (bicyclic) bond motifs is 2. The van der Waals surface area contributed by atoms with Gasteiger partial charge in [0, 0.05) is 12.6 Å². The van der Waals surface area contributed by atoms with Gasteiger partial charge in [0.15, 0.2) is 0 Å². The van der Waals surface area contributed by atoms with Gasteiger partial charge in [0.05, 0.1) is 17.9 Å². The summed E-state index contributed by atoms with van der Waals surface area (Å²) in [5, 5.41) is 0. The summed E-state index contributed by atoms with van der Waals surface area (Å²) >= 11 is 0. The van der Waals surface area contributed by atoms with Crippen LogP contribution in [0.5, 0.6) is 0 Å². The minimum Gasteiger partial charge on any atom is -0.291 e. The fourth-order valence-electron chi connectivity index (χ4n) is 4.47. The number of Topliss-reactive ketones (excluding diaryl/α,β-unsaturated/α-hetero) is 1. The van der Waals surface area contributed by atoms with E-state index in [0.29, 0.717) is 18.3 Å². The van der Waals surface area contributed by atoms with Gasteiger partial charge in [-0.2, -0.15) is 0 Å². The number of para-hydroxylation sites is 1. The van der Waals surface area contributed by atoms with E-state index < -0.39 is 0 Å². The second-order valence-electron chi connectivity index (χ2n) is 6.79. The van der Waals surface area contributed by atoms with Crippen LogP contribution in [0.1, 0.15) is 48.9 Å². The molecular formula is C18H22N2O2. The zero-order valence-electron chi connectivity index (χ0n) is 12.8. The van der Waals surface area contributed by atoms with Crippen LogP contribution in [0.3, 0.4) is 0 Å². The molecule has 1 saturated carbocycles. The molecule has 0 spiro atoms. The number of hydrogen-bond acceptors (Lipinski definition) is 3. The Morgan fingerprint density at radius 1 is 1.00 bits per heavy atom. The Morgan fingerprint density at radius 3 is 2.68 bits per heavy atom. The Hall–Kier alpha value is -1.68. The summed E-state index contributed by atoms with van der Waals surface area (Å²) in [5.41, 5.74) is 1.35. The van der Waals surface area contributed by atoms with E-state index in [-0.39, 0.29) is 11.7 Å². The summed E-state index contributed by atoms with van der Waals surface area (Å²) in [6.07, 6.45) is 7.73. The van der Waals surface area contributed by atoms with Crippen LogP contribution in [-0.4, -0.2) is 35.8 Å². The smallest absolute Gasteiger partial charge is 0.291 e. The molecule has 2 aliphatic heterocycles. The number of amides is 1. The highest BCUT2D eigenvalue weighted by Crippen LogP contribution is 2.36. The second-order valence-corrected chi connectivity index (χ2v) is 6.79. The number of piperidine rings is 1. The lowest BCUT2D eigenvalue weighted by atomic mass is 9.78. The Kier molecular flexibility index (Phi) is 3.49. The Morgan fingerprint density at radius 2 is 1.77 bits per heavy atom. The molecule has 116 valence electrons. The van der Waals surface area contributed by atoms with Crippen LogP contribution in [-0.2, 0) is 4.79 Å². The largest absolute Gasteiger partial charge is 0.300 e. The number of rotatable bonds is 2. The molecule has 22 heavy (non-hydrogen) atoms. The number of benzene rings is 1. The summed E-state index contributed by atoms with van der Waals surface area (Å²) in [7, 11) is 0. The first kappa shape index (κ1) is 13.9. The summed E-state index contributed by atoms with van der Waals surface area (Å²) < 4.78 is 0. The third-order valence-electron chi connectivity index (χ3n) is 5.56. The van der Waals surface area contributed by atoms with Crippen LogP contribution in [0.25, 0.3) is 0 Å². The molecule has 2 atom stereocenters. The van der Waals surface area contributed by atoms with E-state index in [1.165, 1.54) is 38.5 Å². The Bertz CT molecular complexity index is 611. The average Bonchev–Trinajstić information content (AvgIpc) is 2.81. The first-order valence-corrected chi connectivity index (χ1v) is 8.45. The van der Waals surface area contributed by atoms with Crippen molar-refractivity contribution in [3.05, 3.63) is 29.8 Å². The fourth-order valence-corrected chi connectivity index (χ4v) is 4.47. The molecule has 0 N–H and O–H groups in total. The molecule has 1 aromatic rings. The van der Waals surface area contributed by atoms with E-state index in [1.807, 2.05) is 18.2 Å². The second kappa shape index (κ2) is 5.51. The number of carbonyl (C=O) groups excluding carboxylic acids is 2. The molecular weight excluding hydrogens is 276 g/mol. The average molecular weight is 298 g/mol. The van der Waals surface area contributed by atoms with Crippen molar-refractivity contribution in [1.29, 1.82) is 0 Å². The Balaban J connectivity index is 1.58. The van der Waals surface area contributed by atoms with Crippen molar-refractivity contribution in [2.45, 2.75) is 44.6 Å². The van der Waals surface area contributed by atoms with E-state index >= 15 is 0 Å². The molecule has 4 rings (SSSR count). The van der Waals surface area contributed by atoms with Gasteiger partial charge in [0.25, 0.3) is 5.78 Å². The summed E-state index contributed by atoms with van der Waals surface area (Å²) in [4.78, 5) is 28.6. The molecule has 1 aromatic carbocycles. The zero-order valence-corrected chi connectivity index (χ0v) is 12.8. The van der Waals surface area contributed by atoms with Crippen molar-refractivity contribution in [2.24, 2.45) is 5.92 Å². The van der Waals surface area contributed by atoms with Gasteiger partial charge in [-0.3, -0.25) is 19.4 Å². The first-order chi connectivity index (χ1) is 10.8. The van der Waals surface area contributed by atoms with Crippen molar-refractivity contribution in [1.82, 2.24) is 4.90 Å². The van der Waals surface area contributed by atoms with Crippen LogP contribution < -0.4 is 4.90 Å². The SMILES string of the molecule is O=C1C(=O)N(CN2CCC[C@@H]3CCCC[C@@H]32)c2ccccc21. The van der Waals surface area contributed by atoms with Crippen molar-refractivity contribution in [3.8, 4) is 0 Å². The predicted molar refractivity (Wildman–Crippen MR) is 84.8 cm³/mol. The molecule has 2 fully saturated rings. The standard InChI is InChI=1S/C18H22N2O2/c21-17-14-8-2-4-10-16(14)20(18(17)22)12-19-11-5-7-13-6-1-3-9-15(13)19/h2,4,8,10,13,15H,1,3,5-7,9,11-12H2/t13-,15-/m0/s1. The highest BCUT2D eigenvalue weighted by molar-refractivity contribution is 6.52. The highest BCUT2D eigenvalue weighted by atomic mass is 16.2. The lowest BCUT2D eigenvalue weighted by Gasteiger charge is -2.45. The van der Waals surface area contributed by atoms with E-state index in [9.17, 15) is 9.59 Å². The molecule has 4 heteroatoms. The highest BCUT2D eigenvalue weighted by Gasteiger charge is 2.39. The van der Waals surface area contributed by atoms with Gasteiger partial charge in [0.2, 0.25) is 0 Å². The molecule has 2 heterocycles. The number of carbonyl (C=O) groups is 2. The Labute approximate surface area is 131 Å². The number of nitrogens with zero attached hydrogens (tertiary/aromatic N) is 2. The maximum Gasteiger partial charge on any atom is 0.300 e. The zero-order chi connectivity index (χ0) is 15.1. The number of hydrogen-bond donors (Lipinski definition) is 0. The third kappa shape index (κ3) is 2.17. The maximum atomic E-state index is 12.3. The minimum atomic E-state index is -0.362. The summed E-state index contributed by atoms with van der Waals surface area (Å²) in [6.45, 7) is 1.62. The monoisotopic (exact) mass is 298 g/mol. The van der Waals surface area contributed by atoms with Gasteiger partial charge in [-0.25, -0.2) is 0 Å². The molecule has 0 radical (unpaired) electrons. The number of ketones is 1. The van der Waals surface area contributed by atoms with Crippen molar-refractivity contribution >= 4 is 17.4 Å². The quantitative estimate of drug-likeness (QED) is 0.788. The van der Waals surface area contributed by atoms with E-state index in [2.05, 4.69) is 4.90 Å². The molecule has 0 bridgehead atoms. The molecule has 3 aliphatic rings. The fraction of sp³-hybridized carbons (Fsp3) is 0.556. The van der Waals surface area contributed by atoms with E-state index in [0.717, 1.165) is 18.2 Å². The van der Waals surface area contributed by atoms with Crippen LogP contribution in [0.2, 0.25) is 0 Å². The van der Waals surface area contributed by atoms with Gasteiger partial charge >= 0.3 is 5.91 Å². The predicted octanol–water partition coefficient (Wildman–Crippen LogP) is 2.83. The normalized spacial score (nSPS) is 28.6. The van der Waals surface area contributed by atoms with Crippen LogP contribution in [0.4, 0.5) is 5.69 Å². The van der Waals surface area contributed by atoms with Gasteiger partial charge in [-0.1, -0.05) is 25.0 Å². The van der Waals surface area contributed by atoms with Gasteiger partial charge in [-0.05, 0) is 43.7 Å². The topological polar surface area (TPSA) is 40.6 Å². The van der Waals surface area contributed by atoms with Crippen LogP contribution >= 0.6 is 0 Å². The van der Waals surface area contributed by atoms with Crippen LogP contribution in [0.15, 0.2) is 24.3 Å².